The molecule has 0 heterocycles. The Labute approximate surface area is 112 Å². The third kappa shape index (κ3) is 5.27. The summed E-state index contributed by atoms with van der Waals surface area (Å²) < 4.78 is 28.3. The van der Waals surface area contributed by atoms with Crippen molar-refractivity contribution in [3.8, 4) is 5.75 Å². The molecule has 1 rings (SSSR count). The highest BCUT2D eigenvalue weighted by Crippen LogP contribution is 2.23. The van der Waals surface area contributed by atoms with Crippen LogP contribution in [0.4, 0.5) is 5.69 Å². The smallest absolute Gasteiger partial charge is 0.239 e. The van der Waals surface area contributed by atoms with E-state index in [2.05, 4.69) is 5.32 Å². The molecule has 3 N–H and O–H groups in total. The SMILES string of the molecule is CCOc1ccccc1NC(=O)CS(=O)(=O)CCN. The van der Waals surface area contributed by atoms with Crippen molar-refractivity contribution in [2.45, 2.75) is 6.92 Å². The molecule has 19 heavy (non-hydrogen) atoms. The average Bonchev–Trinajstić information content (AvgIpc) is 2.31. The Morgan fingerprint density at radius 3 is 2.68 bits per heavy atom. The fourth-order valence-electron chi connectivity index (χ4n) is 1.49. The van der Waals surface area contributed by atoms with Crippen LogP contribution >= 0.6 is 0 Å². The lowest BCUT2D eigenvalue weighted by Gasteiger charge is -2.11. The molecule has 0 aliphatic heterocycles. The van der Waals surface area contributed by atoms with Gasteiger partial charge in [0.05, 0.1) is 18.0 Å². The van der Waals surface area contributed by atoms with E-state index >= 15 is 0 Å². The summed E-state index contributed by atoms with van der Waals surface area (Å²) in [5.74, 6) is -0.867. The Bertz CT molecular complexity index is 528. The number of sulfone groups is 1. The van der Waals surface area contributed by atoms with Gasteiger partial charge in [-0.05, 0) is 19.1 Å². The average molecular weight is 286 g/mol. The summed E-state index contributed by atoms with van der Waals surface area (Å²) in [4.78, 5) is 11.7. The highest BCUT2D eigenvalue weighted by atomic mass is 32.2. The lowest BCUT2D eigenvalue weighted by atomic mass is 10.3. The molecule has 0 aromatic heterocycles. The Balaban J connectivity index is 2.72. The van der Waals surface area contributed by atoms with Gasteiger partial charge in [-0.3, -0.25) is 4.79 Å². The van der Waals surface area contributed by atoms with Crippen molar-refractivity contribution in [1.82, 2.24) is 0 Å². The first-order chi connectivity index (χ1) is 8.98. The number of hydrogen-bond acceptors (Lipinski definition) is 5. The molecule has 0 radical (unpaired) electrons. The summed E-state index contributed by atoms with van der Waals surface area (Å²) in [6, 6.07) is 6.85. The number of para-hydroxylation sites is 2. The van der Waals surface area contributed by atoms with Crippen molar-refractivity contribution in [2.75, 3.05) is 30.0 Å². The van der Waals surface area contributed by atoms with E-state index < -0.39 is 21.5 Å². The number of nitrogens with two attached hydrogens (primary N) is 1. The van der Waals surface area contributed by atoms with Crippen LogP contribution < -0.4 is 15.8 Å². The van der Waals surface area contributed by atoms with Crippen molar-refractivity contribution in [3.63, 3.8) is 0 Å². The van der Waals surface area contributed by atoms with Gasteiger partial charge in [0.15, 0.2) is 9.84 Å². The van der Waals surface area contributed by atoms with Gasteiger partial charge in [0.1, 0.15) is 11.5 Å². The number of ether oxygens (including phenoxy) is 1. The number of carbonyl (C=O) groups excluding carboxylic acids is 1. The van der Waals surface area contributed by atoms with Crippen LogP contribution in [0.3, 0.4) is 0 Å². The van der Waals surface area contributed by atoms with Gasteiger partial charge in [-0.2, -0.15) is 0 Å². The standard InChI is InChI=1S/C12H18N2O4S/c1-2-18-11-6-4-3-5-10(11)14-12(15)9-19(16,17)8-7-13/h3-6H,2,7-9,13H2,1H3,(H,14,15). The molecule has 6 nitrogen and oxygen atoms in total. The number of benzene rings is 1. The number of carbonyl (C=O) groups is 1. The zero-order valence-electron chi connectivity index (χ0n) is 10.8. The fourth-order valence-corrected chi connectivity index (χ4v) is 2.46. The lowest BCUT2D eigenvalue weighted by molar-refractivity contribution is -0.113. The fraction of sp³-hybridized carbons (Fsp3) is 0.417. The summed E-state index contributed by atoms with van der Waals surface area (Å²) in [5.41, 5.74) is 5.63. The molecule has 0 unspecified atom stereocenters. The number of amides is 1. The van der Waals surface area contributed by atoms with Gasteiger partial charge < -0.3 is 15.8 Å². The molecule has 106 valence electrons. The van der Waals surface area contributed by atoms with E-state index in [0.717, 1.165) is 0 Å². The normalized spacial score (nSPS) is 11.1. The molecule has 1 aromatic rings. The van der Waals surface area contributed by atoms with E-state index in [4.69, 9.17) is 10.5 Å². The molecular formula is C12H18N2O4S. The zero-order valence-corrected chi connectivity index (χ0v) is 11.6. The molecule has 7 heteroatoms. The van der Waals surface area contributed by atoms with Gasteiger partial charge in [0, 0.05) is 6.54 Å². The van der Waals surface area contributed by atoms with Crippen LogP contribution in [-0.2, 0) is 14.6 Å². The first kappa shape index (κ1) is 15.5. The van der Waals surface area contributed by atoms with Crippen molar-refractivity contribution in [3.05, 3.63) is 24.3 Å². The molecule has 0 fully saturated rings. The summed E-state index contributed by atoms with van der Waals surface area (Å²) in [6.45, 7) is 2.29. The van der Waals surface area contributed by atoms with Gasteiger partial charge in [-0.25, -0.2) is 8.42 Å². The molecule has 0 saturated carbocycles. The largest absolute Gasteiger partial charge is 0.492 e. The first-order valence-electron chi connectivity index (χ1n) is 5.90. The maximum atomic E-state index is 11.7. The molecule has 0 aliphatic carbocycles. The predicted octanol–water partition coefficient (Wildman–Crippen LogP) is 0.397. The van der Waals surface area contributed by atoms with Gasteiger partial charge in [-0.15, -0.1) is 0 Å². The van der Waals surface area contributed by atoms with E-state index in [9.17, 15) is 13.2 Å². The topological polar surface area (TPSA) is 98.5 Å². The molecule has 0 bridgehead atoms. The first-order valence-corrected chi connectivity index (χ1v) is 7.73. The maximum absolute atomic E-state index is 11.7. The predicted molar refractivity (Wildman–Crippen MR) is 73.9 cm³/mol. The summed E-state index contributed by atoms with van der Waals surface area (Å²) in [6.07, 6.45) is 0. The minimum Gasteiger partial charge on any atom is -0.492 e. The number of anilines is 1. The molecule has 0 atom stereocenters. The minimum absolute atomic E-state index is 0.00511. The van der Waals surface area contributed by atoms with Crippen LogP contribution in [-0.4, -0.2) is 39.0 Å². The van der Waals surface area contributed by atoms with Crippen LogP contribution in [0.1, 0.15) is 6.92 Å². The van der Waals surface area contributed by atoms with Crippen molar-refractivity contribution >= 4 is 21.4 Å². The van der Waals surface area contributed by atoms with E-state index in [0.29, 0.717) is 18.0 Å². The maximum Gasteiger partial charge on any atom is 0.239 e. The zero-order chi connectivity index (χ0) is 14.3. The van der Waals surface area contributed by atoms with Crippen molar-refractivity contribution < 1.29 is 17.9 Å². The van der Waals surface area contributed by atoms with Crippen LogP contribution in [0.2, 0.25) is 0 Å². The Hall–Kier alpha value is -1.60. The van der Waals surface area contributed by atoms with Crippen molar-refractivity contribution in [1.29, 1.82) is 0 Å². The third-order valence-electron chi connectivity index (χ3n) is 2.24. The van der Waals surface area contributed by atoms with E-state index in [1.165, 1.54) is 0 Å². The number of rotatable bonds is 7. The second-order valence-corrected chi connectivity index (χ2v) is 6.04. The van der Waals surface area contributed by atoms with Crippen molar-refractivity contribution in [2.24, 2.45) is 5.73 Å². The lowest BCUT2D eigenvalue weighted by Crippen LogP contribution is -2.27. The quantitative estimate of drug-likeness (QED) is 0.756. The second-order valence-electron chi connectivity index (χ2n) is 3.86. The van der Waals surface area contributed by atoms with Crippen LogP contribution in [0, 0.1) is 0 Å². The highest BCUT2D eigenvalue weighted by Gasteiger charge is 2.16. The number of nitrogens with one attached hydrogen (secondary N) is 1. The Morgan fingerprint density at radius 1 is 1.37 bits per heavy atom. The molecule has 0 saturated heterocycles. The second kappa shape index (κ2) is 7.10. The van der Waals surface area contributed by atoms with Gasteiger partial charge in [0.25, 0.3) is 0 Å². The summed E-state index contributed by atoms with van der Waals surface area (Å²) >= 11 is 0. The summed E-state index contributed by atoms with van der Waals surface area (Å²) in [7, 11) is -3.45. The Morgan fingerprint density at radius 2 is 2.05 bits per heavy atom. The van der Waals surface area contributed by atoms with Gasteiger partial charge in [0.2, 0.25) is 5.91 Å². The third-order valence-corrected chi connectivity index (χ3v) is 3.80. The van der Waals surface area contributed by atoms with E-state index in [1.807, 2.05) is 6.92 Å². The van der Waals surface area contributed by atoms with Gasteiger partial charge >= 0.3 is 0 Å². The molecular weight excluding hydrogens is 268 g/mol. The van der Waals surface area contributed by atoms with E-state index in [1.54, 1.807) is 24.3 Å². The van der Waals surface area contributed by atoms with Crippen LogP contribution in [0.5, 0.6) is 5.75 Å². The molecule has 1 amide bonds. The molecule has 0 spiro atoms. The van der Waals surface area contributed by atoms with Gasteiger partial charge in [-0.1, -0.05) is 12.1 Å². The summed E-state index contributed by atoms with van der Waals surface area (Å²) in [5, 5.41) is 2.53. The van der Waals surface area contributed by atoms with E-state index in [-0.39, 0.29) is 12.3 Å². The monoisotopic (exact) mass is 286 g/mol. The van der Waals surface area contributed by atoms with Crippen LogP contribution in [0.15, 0.2) is 24.3 Å². The highest BCUT2D eigenvalue weighted by molar-refractivity contribution is 7.92. The minimum atomic E-state index is -3.45. The molecule has 1 aromatic carbocycles. The molecule has 0 aliphatic rings. The Kier molecular flexibility index (Phi) is 5.78. The number of hydrogen-bond donors (Lipinski definition) is 2. The van der Waals surface area contributed by atoms with Crippen LogP contribution in [0.25, 0.3) is 0 Å².